The normalized spacial score (nSPS) is 12.7. The highest BCUT2D eigenvalue weighted by Crippen LogP contribution is 2.29. The molecule has 2 N–H and O–H groups in total. The Balaban J connectivity index is 2.38. The molecule has 1 heterocycles. The molecule has 0 aliphatic heterocycles. The van der Waals surface area contributed by atoms with E-state index in [-0.39, 0.29) is 0 Å². The first-order valence-electron chi connectivity index (χ1n) is 4.30. The Morgan fingerprint density at radius 2 is 2.13 bits per heavy atom. The summed E-state index contributed by atoms with van der Waals surface area (Å²) in [5.74, 6) is 0. The number of nitrogens with one attached hydrogen (secondary N) is 1. The number of nitrogens with zero attached hydrogens (tertiary/aromatic N) is 1. The monoisotopic (exact) mass is 242 g/mol. The first kappa shape index (κ1) is 10.5. The molecule has 0 spiro atoms. The fourth-order valence-electron chi connectivity index (χ4n) is 1.31. The number of aliphatic hydroxyl groups is 1. The number of halogens is 2. The van der Waals surface area contributed by atoms with Gasteiger partial charge in [-0.2, -0.15) is 0 Å². The lowest BCUT2D eigenvalue weighted by Crippen LogP contribution is -2.00. The van der Waals surface area contributed by atoms with E-state index in [1.165, 1.54) is 6.33 Å². The summed E-state index contributed by atoms with van der Waals surface area (Å²) in [6, 6.07) is 4.97. The third-order valence-electron chi connectivity index (χ3n) is 2.07. The average Bonchev–Trinajstić information content (AvgIpc) is 2.69. The summed E-state index contributed by atoms with van der Waals surface area (Å²) >= 11 is 11.7. The number of aromatic amines is 1. The van der Waals surface area contributed by atoms with Crippen LogP contribution in [0.1, 0.15) is 17.4 Å². The second-order valence-corrected chi connectivity index (χ2v) is 3.92. The number of imidazole rings is 1. The fourth-order valence-corrected chi connectivity index (χ4v) is 1.82. The molecule has 1 unspecified atom stereocenters. The number of aromatic nitrogens is 2. The van der Waals surface area contributed by atoms with Gasteiger partial charge in [-0.25, -0.2) is 4.98 Å². The van der Waals surface area contributed by atoms with E-state index in [0.29, 0.717) is 21.3 Å². The van der Waals surface area contributed by atoms with Crippen LogP contribution in [-0.4, -0.2) is 15.1 Å². The van der Waals surface area contributed by atoms with Gasteiger partial charge in [0.15, 0.2) is 0 Å². The van der Waals surface area contributed by atoms with Crippen molar-refractivity contribution < 1.29 is 5.11 Å². The highest BCUT2D eigenvalue weighted by atomic mass is 35.5. The summed E-state index contributed by atoms with van der Waals surface area (Å²) in [5.41, 5.74) is 1.20. The van der Waals surface area contributed by atoms with Crippen LogP contribution in [0.4, 0.5) is 0 Å². The highest BCUT2D eigenvalue weighted by Gasteiger charge is 2.14. The zero-order valence-electron chi connectivity index (χ0n) is 7.61. The van der Waals surface area contributed by atoms with Crippen LogP contribution >= 0.6 is 23.2 Å². The molecule has 5 heteroatoms. The van der Waals surface area contributed by atoms with Crippen LogP contribution in [0.15, 0.2) is 30.7 Å². The third kappa shape index (κ3) is 2.15. The molecule has 0 radical (unpaired) electrons. The first-order valence-corrected chi connectivity index (χ1v) is 5.05. The van der Waals surface area contributed by atoms with Crippen LogP contribution in [-0.2, 0) is 0 Å². The van der Waals surface area contributed by atoms with E-state index in [2.05, 4.69) is 9.97 Å². The topological polar surface area (TPSA) is 48.9 Å². The first-order chi connectivity index (χ1) is 7.18. The zero-order chi connectivity index (χ0) is 10.8. The molecule has 0 amide bonds. The van der Waals surface area contributed by atoms with Crippen molar-refractivity contribution in [3.05, 3.63) is 52.0 Å². The number of rotatable bonds is 2. The predicted octanol–water partition coefficient (Wildman–Crippen LogP) is 2.80. The van der Waals surface area contributed by atoms with Gasteiger partial charge in [-0.3, -0.25) is 0 Å². The van der Waals surface area contributed by atoms with Crippen molar-refractivity contribution in [1.29, 1.82) is 0 Å². The average molecular weight is 243 g/mol. The summed E-state index contributed by atoms with van der Waals surface area (Å²) < 4.78 is 0. The second-order valence-electron chi connectivity index (χ2n) is 3.08. The summed E-state index contributed by atoms with van der Waals surface area (Å²) in [4.78, 5) is 6.66. The molecule has 0 aliphatic carbocycles. The van der Waals surface area contributed by atoms with Gasteiger partial charge in [-0.05, 0) is 12.1 Å². The van der Waals surface area contributed by atoms with Gasteiger partial charge in [0.1, 0.15) is 6.10 Å². The Morgan fingerprint density at radius 3 is 2.73 bits per heavy atom. The van der Waals surface area contributed by atoms with Crippen LogP contribution in [0.3, 0.4) is 0 Å². The van der Waals surface area contributed by atoms with E-state index >= 15 is 0 Å². The lowest BCUT2D eigenvalue weighted by molar-refractivity contribution is 0.216. The van der Waals surface area contributed by atoms with Gasteiger partial charge in [-0.15, -0.1) is 0 Å². The van der Waals surface area contributed by atoms with Gasteiger partial charge in [-0.1, -0.05) is 29.3 Å². The Labute approximate surface area is 96.7 Å². The standard InChI is InChI=1S/C10H8Cl2N2O/c11-6-1-2-7(8(12)3-6)10(15)9-4-13-5-14-9/h1-5,10,15H,(H,13,14). The molecule has 15 heavy (non-hydrogen) atoms. The molecule has 0 saturated carbocycles. The van der Waals surface area contributed by atoms with Crippen LogP contribution in [0.5, 0.6) is 0 Å². The second kappa shape index (κ2) is 4.23. The zero-order valence-corrected chi connectivity index (χ0v) is 9.13. The smallest absolute Gasteiger partial charge is 0.122 e. The minimum Gasteiger partial charge on any atom is -0.382 e. The van der Waals surface area contributed by atoms with Gasteiger partial charge >= 0.3 is 0 Å². The van der Waals surface area contributed by atoms with Gasteiger partial charge in [0.2, 0.25) is 0 Å². The van der Waals surface area contributed by atoms with E-state index in [4.69, 9.17) is 23.2 Å². The van der Waals surface area contributed by atoms with Crippen molar-refractivity contribution in [3.8, 4) is 0 Å². The molecule has 0 aliphatic rings. The van der Waals surface area contributed by atoms with Crippen LogP contribution in [0.25, 0.3) is 0 Å². The predicted molar refractivity (Wildman–Crippen MR) is 59.1 cm³/mol. The van der Waals surface area contributed by atoms with Gasteiger partial charge < -0.3 is 10.1 Å². The van der Waals surface area contributed by atoms with Crippen molar-refractivity contribution in [2.75, 3.05) is 0 Å². The van der Waals surface area contributed by atoms with E-state index in [1.54, 1.807) is 24.4 Å². The largest absolute Gasteiger partial charge is 0.382 e. The molecule has 0 bridgehead atoms. The molecular weight excluding hydrogens is 235 g/mol. The maximum atomic E-state index is 9.95. The number of hydrogen-bond donors (Lipinski definition) is 2. The molecule has 3 nitrogen and oxygen atoms in total. The summed E-state index contributed by atoms with van der Waals surface area (Å²) in [6.45, 7) is 0. The molecule has 1 aromatic heterocycles. The van der Waals surface area contributed by atoms with E-state index in [1.807, 2.05) is 0 Å². The molecule has 2 rings (SSSR count). The maximum Gasteiger partial charge on any atom is 0.122 e. The summed E-state index contributed by atoms with van der Waals surface area (Å²) in [7, 11) is 0. The molecule has 78 valence electrons. The van der Waals surface area contributed by atoms with E-state index in [0.717, 1.165) is 0 Å². The van der Waals surface area contributed by atoms with Crippen molar-refractivity contribution in [2.45, 2.75) is 6.10 Å². The number of benzene rings is 1. The Hall–Kier alpha value is -1.03. The molecule has 0 saturated heterocycles. The van der Waals surface area contributed by atoms with Crippen LogP contribution in [0.2, 0.25) is 10.0 Å². The number of H-pyrrole nitrogens is 1. The fraction of sp³-hybridized carbons (Fsp3) is 0.100. The Kier molecular flexibility index (Phi) is 2.95. The van der Waals surface area contributed by atoms with Gasteiger partial charge in [0.25, 0.3) is 0 Å². The molecule has 0 fully saturated rings. The lowest BCUT2D eigenvalue weighted by atomic mass is 10.1. The maximum absolute atomic E-state index is 9.95. The molecule has 2 aromatic rings. The minimum absolute atomic E-state index is 0.435. The molecular formula is C10H8Cl2N2O. The van der Waals surface area contributed by atoms with Crippen molar-refractivity contribution in [3.63, 3.8) is 0 Å². The van der Waals surface area contributed by atoms with Crippen LogP contribution < -0.4 is 0 Å². The van der Waals surface area contributed by atoms with Crippen LogP contribution in [0, 0.1) is 0 Å². The minimum atomic E-state index is -0.808. The van der Waals surface area contributed by atoms with Crippen molar-refractivity contribution >= 4 is 23.2 Å². The SMILES string of the molecule is OC(c1cnc[nH]1)c1ccc(Cl)cc1Cl. The van der Waals surface area contributed by atoms with Gasteiger partial charge in [0.05, 0.1) is 18.2 Å². The van der Waals surface area contributed by atoms with Crippen molar-refractivity contribution in [1.82, 2.24) is 9.97 Å². The Bertz CT molecular complexity index is 456. The summed E-state index contributed by atoms with van der Waals surface area (Å²) in [6.07, 6.45) is 2.25. The molecule has 1 aromatic carbocycles. The lowest BCUT2D eigenvalue weighted by Gasteiger charge is -2.10. The quantitative estimate of drug-likeness (QED) is 0.851. The number of hydrogen-bond acceptors (Lipinski definition) is 2. The van der Waals surface area contributed by atoms with E-state index < -0.39 is 6.10 Å². The van der Waals surface area contributed by atoms with Gasteiger partial charge in [0, 0.05) is 15.6 Å². The molecule has 1 atom stereocenters. The number of aliphatic hydroxyl groups excluding tert-OH is 1. The summed E-state index contributed by atoms with van der Waals surface area (Å²) in [5, 5.41) is 10.9. The Morgan fingerprint density at radius 1 is 1.33 bits per heavy atom. The van der Waals surface area contributed by atoms with Crippen molar-refractivity contribution in [2.24, 2.45) is 0 Å². The third-order valence-corrected chi connectivity index (χ3v) is 2.63. The highest BCUT2D eigenvalue weighted by molar-refractivity contribution is 6.35. The van der Waals surface area contributed by atoms with E-state index in [9.17, 15) is 5.11 Å².